The molecule has 1 aliphatic heterocycles. The first-order valence-corrected chi connectivity index (χ1v) is 9.23. The van der Waals surface area contributed by atoms with E-state index >= 15 is 0 Å². The highest BCUT2D eigenvalue weighted by atomic mass is 16.7. The van der Waals surface area contributed by atoms with Crippen LogP contribution in [-0.2, 0) is 4.84 Å². The molecule has 3 aromatic rings. The van der Waals surface area contributed by atoms with Crippen LogP contribution in [0.2, 0.25) is 0 Å². The maximum absolute atomic E-state index is 13.4. The number of carbonyl (C=O) groups excluding carboxylic acids is 2. The topological polar surface area (TPSA) is 65.0 Å². The maximum Gasteiger partial charge on any atom is 0.267 e. The van der Waals surface area contributed by atoms with Gasteiger partial charge in [-0.15, -0.1) is 0 Å². The van der Waals surface area contributed by atoms with Gasteiger partial charge in [-0.3, -0.25) is 9.59 Å². The highest BCUT2D eigenvalue weighted by Crippen LogP contribution is 2.34. The van der Waals surface area contributed by atoms with Crippen molar-refractivity contribution in [3.05, 3.63) is 102 Å². The van der Waals surface area contributed by atoms with Gasteiger partial charge >= 0.3 is 0 Å². The minimum absolute atomic E-state index is 0.0563. The van der Waals surface area contributed by atoms with E-state index < -0.39 is 17.2 Å². The fourth-order valence-corrected chi connectivity index (χ4v) is 3.36. The van der Waals surface area contributed by atoms with Crippen molar-refractivity contribution in [2.75, 3.05) is 7.11 Å². The van der Waals surface area contributed by atoms with Gasteiger partial charge in [0.25, 0.3) is 5.60 Å². The van der Waals surface area contributed by atoms with E-state index in [0.29, 0.717) is 22.6 Å². The average molecular weight is 385 g/mol. The molecule has 0 amide bonds. The first-order chi connectivity index (χ1) is 14.1. The summed E-state index contributed by atoms with van der Waals surface area (Å²) in [4.78, 5) is 32.5. The molecule has 0 saturated heterocycles. The van der Waals surface area contributed by atoms with Crippen LogP contribution >= 0.6 is 0 Å². The summed E-state index contributed by atoms with van der Waals surface area (Å²) in [7, 11) is 1.59. The molecular weight excluding hydrogens is 366 g/mol. The molecule has 0 N–H and O–H groups in total. The van der Waals surface area contributed by atoms with Crippen molar-refractivity contribution < 1.29 is 19.2 Å². The Morgan fingerprint density at radius 3 is 1.83 bits per heavy atom. The largest absolute Gasteiger partial charge is 0.497 e. The number of methoxy groups -OCH3 is 1. The summed E-state index contributed by atoms with van der Waals surface area (Å²) in [6.07, 6.45) is 0.0563. The van der Waals surface area contributed by atoms with Gasteiger partial charge in [0.05, 0.1) is 19.2 Å². The molecule has 0 spiro atoms. The number of oxime groups is 1. The standard InChI is InChI=1S/C24H19NO4/c1-28-20-14-12-17(13-15-20)21-16-24(29-25-21,22(26)18-8-4-2-5-9-18)23(27)19-10-6-3-7-11-19/h2-15H,16H2,1H3. The number of nitrogens with zero attached hydrogens (tertiary/aromatic N) is 1. The number of hydrogen-bond donors (Lipinski definition) is 0. The Morgan fingerprint density at radius 1 is 0.828 bits per heavy atom. The molecule has 0 aliphatic carbocycles. The molecule has 4 rings (SSSR count). The van der Waals surface area contributed by atoms with Crippen molar-refractivity contribution in [3.63, 3.8) is 0 Å². The Morgan fingerprint density at radius 2 is 1.34 bits per heavy atom. The normalized spacial score (nSPS) is 14.6. The molecule has 1 aliphatic rings. The zero-order chi connectivity index (χ0) is 20.3. The van der Waals surface area contributed by atoms with Gasteiger partial charge in [-0.2, -0.15) is 0 Å². The van der Waals surface area contributed by atoms with Gasteiger partial charge in [-0.05, 0) is 29.8 Å². The molecule has 0 radical (unpaired) electrons. The fourth-order valence-electron chi connectivity index (χ4n) is 3.36. The lowest BCUT2D eigenvalue weighted by atomic mass is 9.81. The molecule has 0 saturated carbocycles. The van der Waals surface area contributed by atoms with E-state index in [1.165, 1.54) is 0 Å². The Kier molecular flexibility index (Phi) is 4.96. The Labute approximate surface area is 168 Å². The number of ether oxygens (including phenoxy) is 1. The molecule has 29 heavy (non-hydrogen) atoms. The molecular formula is C24H19NO4. The third kappa shape index (κ3) is 3.43. The van der Waals surface area contributed by atoms with Gasteiger partial charge in [0.2, 0.25) is 11.6 Å². The summed E-state index contributed by atoms with van der Waals surface area (Å²) < 4.78 is 5.19. The summed E-state index contributed by atoms with van der Waals surface area (Å²) in [6.45, 7) is 0. The minimum Gasteiger partial charge on any atom is -0.497 e. The molecule has 1 heterocycles. The van der Waals surface area contributed by atoms with Crippen molar-refractivity contribution in [2.45, 2.75) is 12.0 Å². The summed E-state index contributed by atoms with van der Waals surface area (Å²) in [5.41, 5.74) is 0.402. The second kappa shape index (κ2) is 7.72. The first kappa shape index (κ1) is 18.6. The number of carbonyl (C=O) groups is 2. The van der Waals surface area contributed by atoms with Crippen LogP contribution in [-0.4, -0.2) is 30.0 Å². The number of benzene rings is 3. The van der Waals surface area contributed by atoms with Crippen LogP contribution in [0.5, 0.6) is 5.75 Å². The molecule has 0 fully saturated rings. The Bertz CT molecular complexity index is 1010. The average Bonchev–Trinajstić information content (AvgIpc) is 3.26. The van der Waals surface area contributed by atoms with Crippen LogP contribution in [0, 0.1) is 0 Å². The molecule has 144 valence electrons. The molecule has 3 aromatic carbocycles. The van der Waals surface area contributed by atoms with Gasteiger partial charge in [-0.25, -0.2) is 0 Å². The molecule has 5 nitrogen and oxygen atoms in total. The second-order valence-electron chi connectivity index (χ2n) is 6.75. The van der Waals surface area contributed by atoms with Gasteiger partial charge in [0.15, 0.2) is 0 Å². The smallest absolute Gasteiger partial charge is 0.267 e. The van der Waals surface area contributed by atoms with Crippen molar-refractivity contribution in [1.29, 1.82) is 0 Å². The molecule has 0 unspecified atom stereocenters. The molecule has 0 aromatic heterocycles. The highest BCUT2D eigenvalue weighted by Gasteiger charge is 2.53. The Hall–Kier alpha value is -3.73. The van der Waals surface area contributed by atoms with Crippen LogP contribution in [0.4, 0.5) is 0 Å². The predicted molar refractivity (Wildman–Crippen MR) is 110 cm³/mol. The van der Waals surface area contributed by atoms with Crippen molar-refractivity contribution in [2.24, 2.45) is 5.16 Å². The van der Waals surface area contributed by atoms with E-state index in [1.54, 1.807) is 67.8 Å². The van der Waals surface area contributed by atoms with E-state index in [9.17, 15) is 9.59 Å². The zero-order valence-corrected chi connectivity index (χ0v) is 15.9. The summed E-state index contributed by atoms with van der Waals surface area (Å²) >= 11 is 0. The Balaban J connectivity index is 1.72. The molecule has 0 bridgehead atoms. The summed E-state index contributed by atoms with van der Waals surface area (Å²) in [5.74, 6) is -0.0984. The number of hydrogen-bond acceptors (Lipinski definition) is 5. The molecule has 0 atom stereocenters. The van der Waals surface area contributed by atoms with Crippen LogP contribution in [0.15, 0.2) is 90.1 Å². The quantitative estimate of drug-likeness (QED) is 0.468. The van der Waals surface area contributed by atoms with E-state index in [-0.39, 0.29) is 6.42 Å². The zero-order valence-electron chi connectivity index (χ0n) is 15.9. The monoisotopic (exact) mass is 385 g/mol. The van der Waals surface area contributed by atoms with Crippen molar-refractivity contribution in [1.82, 2.24) is 0 Å². The second-order valence-corrected chi connectivity index (χ2v) is 6.75. The lowest BCUT2D eigenvalue weighted by molar-refractivity contribution is 0.00336. The fraction of sp³-hybridized carbons (Fsp3) is 0.125. The van der Waals surface area contributed by atoms with Gasteiger partial charge in [0.1, 0.15) is 5.75 Å². The lowest BCUT2D eigenvalue weighted by Crippen LogP contribution is -2.47. The molecule has 5 heteroatoms. The summed E-state index contributed by atoms with van der Waals surface area (Å²) in [5, 5.41) is 4.14. The van der Waals surface area contributed by atoms with Gasteiger partial charge < -0.3 is 9.57 Å². The van der Waals surface area contributed by atoms with Gasteiger partial charge in [-0.1, -0.05) is 65.8 Å². The van der Waals surface area contributed by atoms with Crippen LogP contribution < -0.4 is 4.74 Å². The lowest BCUT2D eigenvalue weighted by Gasteiger charge is -2.24. The van der Waals surface area contributed by atoms with Crippen LogP contribution in [0.1, 0.15) is 32.7 Å². The van der Waals surface area contributed by atoms with Crippen LogP contribution in [0.25, 0.3) is 0 Å². The number of rotatable bonds is 6. The van der Waals surface area contributed by atoms with Crippen LogP contribution in [0.3, 0.4) is 0 Å². The summed E-state index contributed by atoms with van der Waals surface area (Å²) in [6, 6.07) is 24.6. The minimum atomic E-state index is -1.72. The third-order valence-corrected chi connectivity index (χ3v) is 4.96. The van der Waals surface area contributed by atoms with E-state index in [2.05, 4.69) is 5.16 Å². The third-order valence-electron chi connectivity index (χ3n) is 4.96. The SMILES string of the molecule is COc1ccc(C2=NOC(C(=O)c3ccccc3)(C(=O)c3ccccc3)C2)cc1. The number of ketones is 2. The highest BCUT2D eigenvalue weighted by molar-refractivity contribution is 6.26. The first-order valence-electron chi connectivity index (χ1n) is 9.23. The number of Topliss-reactive ketones (excluding diaryl/α,β-unsaturated/α-hetero) is 2. The van der Waals surface area contributed by atoms with E-state index in [4.69, 9.17) is 9.57 Å². The maximum atomic E-state index is 13.4. The van der Waals surface area contributed by atoms with Crippen molar-refractivity contribution in [3.8, 4) is 5.75 Å². The predicted octanol–water partition coefficient (Wildman–Crippen LogP) is 4.32. The van der Waals surface area contributed by atoms with E-state index in [1.807, 2.05) is 24.3 Å². The van der Waals surface area contributed by atoms with E-state index in [0.717, 1.165) is 5.56 Å². The van der Waals surface area contributed by atoms with Crippen molar-refractivity contribution >= 4 is 17.3 Å². The van der Waals surface area contributed by atoms with Gasteiger partial charge in [0, 0.05) is 11.1 Å².